The molecule has 2 aromatic carbocycles. The zero-order valence-corrected chi connectivity index (χ0v) is 15.8. The minimum absolute atomic E-state index is 0.0572. The lowest BCUT2D eigenvalue weighted by Gasteiger charge is -2.22. The largest absolute Gasteiger partial charge is 0.484 e. The van der Waals surface area contributed by atoms with Crippen molar-refractivity contribution in [1.82, 2.24) is 4.90 Å². The van der Waals surface area contributed by atoms with Gasteiger partial charge in [-0.25, -0.2) is 8.42 Å². The Bertz CT molecular complexity index is 880. The number of carbonyl (C=O) groups excluding carboxylic acids is 2. The van der Waals surface area contributed by atoms with Crippen LogP contribution < -0.4 is 10.5 Å². The molecule has 2 N–H and O–H groups in total. The third kappa shape index (κ3) is 6.74. The van der Waals surface area contributed by atoms with Crippen LogP contribution in [0.2, 0.25) is 0 Å². The number of primary amides is 1. The van der Waals surface area contributed by atoms with E-state index in [2.05, 4.69) is 0 Å². The number of rotatable bonds is 9. The Morgan fingerprint density at radius 2 is 1.67 bits per heavy atom. The van der Waals surface area contributed by atoms with E-state index in [0.717, 1.165) is 11.8 Å². The minimum Gasteiger partial charge on any atom is -0.484 e. The number of carbonyl (C=O) groups is 2. The second kappa shape index (κ2) is 9.18. The molecular formula is C19H22N2O5S. The molecule has 0 aliphatic heterocycles. The summed E-state index contributed by atoms with van der Waals surface area (Å²) in [6.45, 7) is 0.298. The molecule has 2 aromatic rings. The molecule has 27 heavy (non-hydrogen) atoms. The highest BCUT2D eigenvalue weighted by molar-refractivity contribution is 7.90. The first kappa shape index (κ1) is 20.4. The van der Waals surface area contributed by atoms with E-state index < -0.39 is 15.7 Å². The Morgan fingerprint density at radius 1 is 1.04 bits per heavy atom. The summed E-state index contributed by atoms with van der Waals surface area (Å²) < 4.78 is 28.4. The molecule has 0 heterocycles. The van der Waals surface area contributed by atoms with E-state index >= 15 is 0 Å². The van der Waals surface area contributed by atoms with Gasteiger partial charge in [0.05, 0.1) is 4.90 Å². The number of sulfone groups is 1. The lowest BCUT2D eigenvalue weighted by atomic mass is 10.2. The zero-order chi connectivity index (χ0) is 19.9. The van der Waals surface area contributed by atoms with Crippen molar-refractivity contribution in [3.8, 4) is 5.75 Å². The average molecular weight is 390 g/mol. The van der Waals surface area contributed by atoms with Crippen LogP contribution in [-0.2, 0) is 26.0 Å². The van der Waals surface area contributed by atoms with E-state index in [1.54, 1.807) is 0 Å². The lowest BCUT2D eigenvalue weighted by Crippen LogP contribution is -2.36. The molecule has 0 aliphatic rings. The fraction of sp³-hybridized carbons (Fsp3) is 0.263. The first-order chi connectivity index (χ1) is 12.8. The van der Waals surface area contributed by atoms with Gasteiger partial charge in [-0.3, -0.25) is 9.59 Å². The highest BCUT2D eigenvalue weighted by atomic mass is 32.2. The van der Waals surface area contributed by atoms with E-state index in [9.17, 15) is 18.0 Å². The molecule has 0 aromatic heterocycles. The molecule has 0 saturated carbocycles. The summed E-state index contributed by atoms with van der Waals surface area (Å²) in [5.41, 5.74) is 6.12. The monoisotopic (exact) mass is 390 g/mol. The van der Waals surface area contributed by atoms with Crippen LogP contribution >= 0.6 is 0 Å². The molecule has 0 aliphatic carbocycles. The topological polar surface area (TPSA) is 107 Å². The van der Waals surface area contributed by atoms with Crippen LogP contribution in [0.25, 0.3) is 0 Å². The van der Waals surface area contributed by atoms with Gasteiger partial charge in [-0.05, 0) is 29.8 Å². The van der Waals surface area contributed by atoms with Gasteiger partial charge < -0.3 is 15.4 Å². The van der Waals surface area contributed by atoms with Crippen molar-refractivity contribution in [2.24, 2.45) is 5.73 Å². The van der Waals surface area contributed by atoms with Gasteiger partial charge in [-0.2, -0.15) is 0 Å². The number of benzene rings is 2. The summed E-state index contributed by atoms with van der Waals surface area (Å²) in [7, 11) is -3.29. The average Bonchev–Trinajstić information content (AvgIpc) is 2.63. The van der Waals surface area contributed by atoms with Crippen molar-refractivity contribution in [1.29, 1.82) is 0 Å². The van der Waals surface area contributed by atoms with E-state index in [1.807, 2.05) is 30.3 Å². The third-order valence-electron chi connectivity index (χ3n) is 3.81. The summed E-state index contributed by atoms with van der Waals surface area (Å²) in [5.74, 6) is -0.407. The second-order valence-electron chi connectivity index (χ2n) is 6.05. The number of nitrogens with zero attached hydrogens (tertiary/aromatic N) is 1. The molecular weight excluding hydrogens is 368 g/mol. The Hall–Kier alpha value is -2.87. The summed E-state index contributed by atoms with van der Waals surface area (Å²) in [4.78, 5) is 25.3. The first-order valence-electron chi connectivity index (χ1n) is 8.28. The molecule has 144 valence electrons. The number of nitrogens with two attached hydrogens (primary N) is 1. The second-order valence-corrected chi connectivity index (χ2v) is 8.07. The standard InChI is InChI=1S/C19H22N2O5S/c1-27(24,25)17-9-7-16(8-10-17)26-14-19(23)21(12-11-18(20)22)13-15-5-3-2-4-6-15/h2-10H,11-14H2,1H3,(H2,20,22). The molecule has 0 bridgehead atoms. The first-order valence-corrected chi connectivity index (χ1v) is 10.2. The smallest absolute Gasteiger partial charge is 0.260 e. The highest BCUT2D eigenvalue weighted by Gasteiger charge is 2.16. The minimum atomic E-state index is -3.29. The van der Waals surface area contributed by atoms with Crippen LogP contribution in [0.5, 0.6) is 5.75 Å². The van der Waals surface area contributed by atoms with Gasteiger partial charge in [-0.1, -0.05) is 30.3 Å². The number of ether oxygens (including phenoxy) is 1. The summed E-state index contributed by atoms with van der Waals surface area (Å²) >= 11 is 0. The molecule has 8 heteroatoms. The van der Waals surface area contributed by atoms with Crippen LogP contribution in [0.4, 0.5) is 0 Å². The van der Waals surface area contributed by atoms with Crippen molar-refractivity contribution in [2.75, 3.05) is 19.4 Å². The molecule has 0 saturated heterocycles. The quantitative estimate of drug-likeness (QED) is 0.696. The van der Waals surface area contributed by atoms with Crippen molar-refractivity contribution < 1.29 is 22.7 Å². The predicted octanol–water partition coefficient (Wildman–Crippen LogP) is 1.37. The predicted molar refractivity (Wildman–Crippen MR) is 101 cm³/mol. The SMILES string of the molecule is CS(=O)(=O)c1ccc(OCC(=O)N(CCC(N)=O)Cc2ccccc2)cc1. The van der Waals surface area contributed by atoms with Crippen molar-refractivity contribution in [2.45, 2.75) is 17.9 Å². The van der Waals surface area contributed by atoms with Crippen molar-refractivity contribution in [3.63, 3.8) is 0 Å². The van der Waals surface area contributed by atoms with Crippen LogP contribution in [-0.4, -0.2) is 44.5 Å². The third-order valence-corrected chi connectivity index (χ3v) is 4.94. The molecule has 0 radical (unpaired) electrons. The van der Waals surface area contributed by atoms with Gasteiger partial charge in [0.2, 0.25) is 5.91 Å². The van der Waals surface area contributed by atoms with Crippen LogP contribution in [0.1, 0.15) is 12.0 Å². The fourth-order valence-corrected chi connectivity index (χ4v) is 2.99. The van der Waals surface area contributed by atoms with Gasteiger partial charge in [0.1, 0.15) is 5.75 Å². The maximum Gasteiger partial charge on any atom is 0.260 e. The fourth-order valence-electron chi connectivity index (χ4n) is 2.36. The van der Waals surface area contributed by atoms with Crippen LogP contribution in [0.15, 0.2) is 59.5 Å². The van der Waals surface area contributed by atoms with E-state index in [-0.39, 0.29) is 30.4 Å². The van der Waals surface area contributed by atoms with E-state index in [0.29, 0.717) is 12.3 Å². The van der Waals surface area contributed by atoms with Gasteiger partial charge in [-0.15, -0.1) is 0 Å². The van der Waals surface area contributed by atoms with Gasteiger partial charge in [0, 0.05) is 25.8 Å². The summed E-state index contributed by atoms with van der Waals surface area (Å²) in [6, 6.07) is 15.2. The molecule has 2 amide bonds. The number of amides is 2. The number of hydrogen-bond donors (Lipinski definition) is 1. The zero-order valence-electron chi connectivity index (χ0n) is 15.0. The Balaban J connectivity index is 2.00. The Morgan fingerprint density at radius 3 is 2.22 bits per heavy atom. The number of hydrogen-bond acceptors (Lipinski definition) is 5. The maximum absolute atomic E-state index is 12.5. The van der Waals surface area contributed by atoms with Gasteiger partial charge >= 0.3 is 0 Å². The summed E-state index contributed by atoms with van der Waals surface area (Å²) in [6.07, 6.45) is 1.17. The Kier molecular flexibility index (Phi) is 6.95. The van der Waals surface area contributed by atoms with Gasteiger partial charge in [0.15, 0.2) is 16.4 Å². The van der Waals surface area contributed by atoms with E-state index in [1.165, 1.54) is 29.2 Å². The Labute approximate surface area is 158 Å². The van der Waals surface area contributed by atoms with Crippen LogP contribution in [0.3, 0.4) is 0 Å². The lowest BCUT2D eigenvalue weighted by molar-refractivity contribution is -0.134. The molecule has 7 nitrogen and oxygen atoms in total. The van der Waals surface area contributed by atoms with Crippen molar-refractivity contribution in [3.05, 3.63) is 60.2 Å². The van der Waals surface area contributed by atoms with E-state index in [4.69, 9.17) is 10.5 Å². The normalized spacial score (nSPS) is 11.0. The molecule has 0 atom stereocenters. The molecule has 0 unspecified atom stereocenters. The molecule has 2 rings (SSSR count). The maximum atomic E-state index is 12.5. The summed E-state index contributed by atoms with van der Waals surface area (Å²) in [5, 5.41) is 0. The van der Waals surface area contributed by atoms with Crippen LogP contribution in [0, 0.1) is 0 Å². The van der Waals surface area contributed by atoms with Crippen molar-refractivity contribution >= 4 is 21.7 Å². The molecule has 0 fully saturated rings. The highest BCUT2D eigenvalue weighted by Crippen LogP contribution is 2.16. The molecule has 0 spiro atoms. The van der Waals surface area contributed by atoms with Gasteiger partial charge in [0.25, 0.3) is 5.91 Å².